The summed E-state index contributed by atoms with van der Waals surface area (Å²) in [6, 6.07) is 19.3. The molecular formula is C35H41N5O5. The Labute approximate surface area is 264 Å². The van der Waals surface area contributed by atoms with Crippen molar-refractivity contribution in [2.24, 2.45) is 5.41 Å². The normalized spacial score (nSPS) is 14.4. The molecule has 2 aromatic carbocycles. The zero-order valence-electron chi connectivity index (χ0n) is 26.7. The van der Waals surface area contributed by atoms with Gasteiger partial charge >= 0.3 is 0 Å². The van der Waals surface area contributed by atoms with Gasteiger partial charge in [-0.1, -0.05) is 12.1 Å². The Morgan fingerprint density at radius 2 is 1.69 bits per heavy atom. The molecule has 0 unspecified atom stereocenters. The smallest absolute Gasteiger partial charge is 0.242 e. The second-order valence-corrected chi connectivity index (χ2v) is 11.6. The van der Waals surface area contributed by atoms with Crippen LogP contribution in [0.1, 0.15) is 32.8 Å². The molecule has 10 nitrogen and oxygen atoms in total. The number of para-hydroxylation sites is 1. The van der Waals surface area contributed by atoms with Gasteiger partial charge in [-0.2, -0.15) is 0 Å². The third-order valence-corrected chi connectivity index (χ3v) is 8.11. The number of methoxy groups -OCH3 is 1. The van der Waals surface area contributed by atoms with E-state index in [0.29, 0.717) is 55.1 Å². The van der Waals surface area contributed by atoms with Gasteiger partial charge in [0.2, 0.25) is 17.7 Å². The van der Waals surface area contributed by atoms with Crippen molar-refractivity contribution in [3.8, 4) is 17.4 Å². The maximum absolute atomic E-state index is 13.2. The molecule has 0 atom stereocenters. The Hall–Kier alpha value is -4.70. The lowest BCUT2D eigenvalue weighted by Crippen LogP contribution is -2.47. The number of pyridine rings is 2. The summed E-state index contributed by atoms with van der Waals surface area (Å²) in [6.45, 7) is 8.90. The van der Waals surface area contributed by atoms with Crippen LogP contribution in [-0.4, -0.2) is 73.7 Å². The number of anilines is 2. The van der Waals surface area contributed by atoms with E-state index in [-0.39, 0.29) is 11.8 Å². The van der Waals surface area contributed by atoms with Crippen LogP contribution in [0, 0.1) is 5.41 Å². The fourth-order valence-corrected chi connectivity index (χ4v) is 5.59. The van der Waals surface area contributed by atoms with Crippen LogP contribution >= 0.6 is 0 Å². The van der Waals surface area contributed by atoms with Gasteiger partial charge in [-0.15, -0.1) is 0 Å². The number of benzene rings is 2. The molecule has 0 saturated heterocycles. The zero-order chi connectivity index (χ0) is 32.0. The summed E-state index contributed by atoms with van der Waals surface area (Å²) >= 11 is 0. The fourth-order valence-electron chi connectivity index (χ4n) is 5.59. The van der Waals surface area contributed by atoms with Crippen molar-refractivity contribution >= 4 is 34.1 Å². The number of nitrogens with zero attached hydrogens (tertiary/aromatic N) is 5. The van der Waals surface area contributed by atoms with Gasteiger partial charge in [0.15, 0.2) is 0 Å². The van der Waals surface area contributed by atoms with E-state index in [0.717, 1.165) is 36.0 Å². The first-order chi connectivity index (χ1) is 21.7. The molecule has 4 aromatic rings. The number of amides is 2. The van der Waals surface area contributed by atoms with Gasteiger partial charge in [0.25, 0.3) is 0 Å². The number of rotatable bonds is 13. The number of ether oxygens (including phenoxy) is 3. The van der Waals surface area contributed by atoms with Gasteiger partial charge in [-0.05, 0) is 69.2 Å². The molecule has 10 heteroatoms. The van der Waals surface area contributed by atoms with E-state index >= 15 is 0 Å². The van der Waals surface area contributed by atoms with Crippen LogP contribution in [-0.2, 0) is 16.1 Å². The number of hydrogen-bond donors (Lipinski definition) is 0. The number of aromatic nitrogens is 2. The standard InChI is InChI=1S/C35H41N5O5/c1-6-40-28-13-12-27(23-29(28)38(4)33(41)35(2,3)34(40)42)44-21-8-19-39(24-25-15-17-36-18-16-25)20-22-45-31-14-11-26-9-7-10-30(43-5)32(26)37-31/h7,9-18,23H,6,8,19-22,24H2,1-5H3. The van der Waals surface area contributed by atoms with E-state index in [1.807, 2.05) is 67.6 Å². The number of carbonyl (C=O) groups is 2. The van der Waals surface area contributed by atoms with Crippen LogP contribution in [0.4, 0.5) is 11.4 Å². The second-order valence-electron chi connectivity index (χ2n) is 11.6. The molecule has 236 valence electrons. The lowest BCUT2D eigenvalue weighted by molar-refractivity contribution is -0.137. The average molecular weight is 612 g/mol. The van der Waals surface area contributed by atoms with E-state index < -0.39 is 5.41 Å². The highest BCUT2D eigenvalue weighted by Crippen LogP contribution is 2.40. The summed E-state index contributed by atoms with van der Waals surface area (Å²) in [4.78, 5) is 40.7. The van der Waals surface area contributed by atoms with Crippen molar-refractivity contribution < 1.29 is 23.8 Å². The summed E-state index contributed by atoms with van der Waals surface area (Å²) in [5.41, 5.74) is 2.16. The molecule has 0 aliphatic carbocycles. The highest BCUT2D eigenvalue weighted by atomic mass is 16.5. The largest absolute Gasteiger partial charge is 0.494 e. The Morgan fingerprint density at radius 1 is 0.889 bits per heavy atom. The minimum Gasteiger partial charge on any atom is -0.494 e. The third kappa shape index (κ3) is 7.01. The monoisotopic (exact) mass is 611 g/mol. The third-order valence-electron chi connectivity index (χ3n) is 8.11. The maximum atomic E-state index is 13.2. The van der Waals surface area contributed by atoms with E-state index in [2.05, 4.69) is 14.9 Å². The predicted octanol–water partition coefficient (Wildman–Crippen LogP) is 5.34. The van der Waals surface area contributed by atoms with Crippen molar-refractivity contribution in [1.29, 1.82) is 0 Å². The summed E-state index contributed by atoms with van der Waals surface area (Å²) in [5.74, 6) is 1.47. The lowest BCUT2D eigenvalue weighted by atomic mass is 9.90. The van der Waals surface area contributed by atoms with Gasteiger partial charge in [0, 0.05) is 63.1 Å². The molecule has 0 saturated carbocycles. The highest BCUT2D eigenvalue weighted by Gasteiger charge is 2.45. The number of carbonyl (C=O) groups excluding carboxylic acids is 2. The fraction of sp³-hybridized carbons (Fsp3) is 0.371. The average Bonchev–Trinajstić information content (AvgIpc) is 3.10. The molecule has 0 radical (unpaired) electrons. The van der Waals surface area contributed by atoms with Crippen LogP contribution in [0.5, 0.6) is 17.4 Å². The van der Waals surface area contributed by atoms with Gasteiger partial charge in [0.05, 0.1) is 25.1 Å². The molecular weight excluding hydrogens is 570 g/mol. The van der Waals surface area contributed by atoms with Gasteiger partial charge in [-0.3, -0.25) is 19.5 Å². The van der Waals surface area contributed by atoms with Gasteiger partial charge in [0.1, 0.15) is 29.0 Å². The first-order valence-corrected chi connectivity index (χ1v) is 15.3. The molecule has 3 heterocycles. The molecule has 1 aliphatic rings. The molecule has 5 rings (SSSR count). The van der Waals surface area contributed by atoms with Crippen molar-refractivity contribution in [3.63, 3.8) is 0 Å². The second kappa shape index (κ2) is 13.9. The predicted molar refractivity (Wildman–Crippen MR) is 175 cm³/mol. The van der Waals surface area contributed by atoms with Crippen molar-refractivity contribution in [2.75, 3.05) is 56.8 Å². The van der Waals surface area contributed by atoms with Crippen molar-refractivity contribution in [2.45, 2.75) is 33.7 Å². The molecule has 0 spiro atoms. The Balaban J connectivity index is 1.21. The minimum atomic E-state index is -1.15. The molecule has 0 fully saturated rings. The molecule has 1 aliphatic heterocycles. The van der Waals surface area contributed by atoms with Crippen LogP contribution < -0.4 is 24.0 Å². The van der Waals surface area contributed by atoms with E-state index in [4.69, 9.17) is 14.2 Å². The Morgan fingerprint density at radius 3 is 2.44 bits per heavy atom. The van der Waals surface area contributed by atoms with E-state index in [1.54, 1.807) is 50.2 Å². The van der Waals surface area contributed by atoms with E-state index in [9.17, 15) is 9.59 Å². The minimum absolute atomic E-state index is 0.205. The van der Waals surface area contributed by atoms with Crippen molar-refractivity contribution in [1.82, 2.24) is 14.9 Å². The molecule has 0 bridgehead atoms. The Kier molecular flexibility index (Phi) is 9.83. The topological polar surface area (TPSA) is 97.3 Å². The quantitative estimate of drug-likeness (QED) is 0.148. The van der Waals surface area contributed by atoms with Gasteiger partial charge in [-0.25, -0.2) is 4.98 Å². The molecule has 2 aromatic heterocycles. The summed E-state index contributed by atoms with van der Waals surface area (Å²) < 4.78 is 17.7. The van der Waals surface area contributed by atoms with Crippen molar-refractivity contribution in [3.05, 3.63) is 78.6 Å². The van der Waals surface area contributed by atoms with Gasteiger partial charge < -0.3 is 24.0 Å². The Bertz CT molecular complexity index is 1640. The number of hydrogen-bond acceptors (Lipinski definition) is 8. The maximum Gasteiger partial charge on any atom is 0.242 e. The summed E-state index contributed by atoms with van der Waals surface area (Å²) in [7, 11) is 3.35. The molecule has 2 amide bonds. The highest BCUT2D eigenvalue weighted by molar-refractivity contribution is 6.20. The molecule has 0 N–H and O–H groups in total. The van der Waals surface area contributed by atoms with Crippen LogP contribution in [0.2, 0.25) is 0 Å². The lowest BCUT2D eigenvalue weighted by Gasteiger charge is -2.27. The van der Waals surface area contributed by atoms with Crippen LogP contribution in [0.25, 0.3) is 10.9 Å². The summed E-state index contributed by atoms with van der Waals surface area (Å²) in [5, 5.41) is 0.994. The molecule has 45 heavy (non-hydrogen) atoms. The summed E-state index contributed by atoms with van der Waals surface area (Å²) in [6.07, 6.45) is 4.37. The van der Waals surface area contributed by atoms with Crippen LogP contribution in [0.15, 0.2) is 73.1 Å². The van der Waals surface area contributed by atoms with E-state index in [1.165, 1.54) is 0 Å². The zero-order valence-corrected chi connectivity index (χ0v) is 26.7. The van der Waals surface area contributed by atoms with Crippen LogP contribution in [0.3, 0.4) is 0 Å². The first kappa shape index (κ1) is 31.7. The number of fused-ring (bicyclic) bond motifs is 2. The SMILES string of the molecule is CCN1C(=O)C(C)(C)C(=O)N(C)c2cc(OCCCN(CCOc3ccc4cccc(OC)c4n3)Cc3ccncc3)ccc21. The first-order valence-electron chi connectivity index (χ1n) is 15.3.